The second-order valence-corrected chi connectivity index (χ2v) is 6.26. The molecular weight excluding hydrogens is 328 g/mol. The Morgan fingerprint density at radius 1 is 1.00 bits per heavy atom. The van der Waals surface area contributed by atoms with Crippen LogP contribution in [0.5, 0.6) is 0 Å². The minimum absolute atomic E-state index is 0.0134. The fourth-order valence-electron chi connectivity index (χ4n) is 3.17. The Morgan fingerprint density at radius 3 is 2.50 bits per heavy atom. The summed E-state index contributed by atoms with van der Waals surface area (Å²) in [6, 6.07) is 16.6. The van der Waals surface area contributed by atoms with Crippen LogP contribution in [-0.2, 0) is 13.0 Å². The third-order valence-electron chi connectivity index (χ3n) is 4.44. The van der Waals surface area contributed by atoms with Crippen molar-refractivity contribution in [2.75, 3.05) is 0 Å². The van der Waals surface area contributed by atoms with Crippen molar-refractivity contribution in [2.45, 2.75) is 26.3 Å². The molecule has 0 saturated carbocycles. The Kier molecular flexibility index (Phi) is 4.13. The molecular formula is C21H18N2O3. The van der Waals surface area contributed by atoms with E-state index in [0.29, 0.717) is 29.8 Å². The zero-order valence-corrected chi connectivity index (χ0v) is 14.4. The van der Waals surface area contributed by atoms with E-state index in [0.717, 1.165) is 12.0 Å². The van der Waals surface area contributed by atoms with Crippen LogP contribution in [0.2, 0.25) is 0 Å². The number of hydrogen-bond acceptors (Lipinski definition) is 4. The fourth-order valence-corrected chi connectivity index (χ4v) is 3.17. The van der Waals surface area contributed by atoms with Crippen LogP contribution in [0, 0.1) is 0 Å². The van der Waals surface area contributed by atoms with Gasteiger partial charge in [0.2, 0.25) is 11.1 Å². The Hall–Kier alpha value is -3.21. The van der Waals surface area contributed by atoms with E-state index in [-0.39, 0.29) is 22.1 Å². The molecule has 0 atom stereocenters. The highest BCUT2D eigenvalue weighted by molar-refractivity contribution is 5.87. The van der Waals surface area contributed by atoms with E-state index in [1.54, 1.807) is 28.8 Å². The molecule has 4 aromatic rings. The topological polar surface area (TPSA) is 65.1 Å². The molecule has 0 bridgehead atoms. The number of rotatable bonds is 4. The zero-order valence-electron chi connectivity index (χ0n) is 14.4. The molecule has 4 rings (SSSR count). The zero-order chi connectivity index (χ0) is 18.1. The molecule has 5 heteroatoms. The summed E-state index contributed by atoms with van der Waals surface area (Å²) in [6.45, 7) is 2.41. The maximum Gasteiger partial charge on any atom is 0.269 e. The lowest BCUT2D eigenvalue weighted by atomic mass is 10.2. The van der Waals surface area contributed by atoms with Crippen molar-refractivity contribution in [3.05, 3.63) is 86.6 Å². The summed E-state index contributed by atoms with van der Waals surface area (Å²) in [5, 5.41) is 0.410. The standard InChI is InChI=1S/C21H18N2O3/c1-2-8-17-22-20-18(19(24)15-11-6-7-12-16(15)26-20)21(25)23(17)13-14-9-4-3-5-10-14/h3-7,9-12H,2,8,13H2,1H3. The molecule has 2 heterocycles. The molecule has 0 aliphatic heterocycles. The van der Waals surface area contributed by atoms with Gasteiger partial charge < -0.3 is 4.42 Å². The fraction of sp³-hybridized carbons (Fsp3) is 0.190. The van der Waals surface area contributed by atoms with Crippen LogP contribution in [0.15, 0.2) is 68.6 Å². The SMILES string of the molecule is CCCc1nc2oc3ccccc3c(=O)c2c(=O)n1Cc1ccccc1. The lowest BCUT2D eigenvalue weighted by Gasteiger charge is -2.13. The maximum atomic E-state index is 13.2. The number of aromatic nitrogens is 2. The minimum Gasteiger partial charge on any atom is -0.437 e. The van der Waals surface area contributed by atoms with Crippen molar-refractivity contribution < 1.29 is 4.42 Å². The van der Waals surface area contributed by atoms with Crippen molar-refractivity contribution in [2.24, 2.45) is 0 Å². The van der Waals surface area contributed by atoms with Crippen LogP contribution in [0.4, 0.5) is 0 Å². The Morgan fingerprint density at radius 2 is 1.73 bits per heavy atom. The predicted molar refractivity (Wildman–Crippen MR) is 102 cm³/mol. The normalized spacial score (nSPS) is 11.3. The summed E-state index contributed by atoms with van der Waals surface area (Å²) in [7, 11) is 0. The van der Waals surface area contributed by atoms with Gasteiger partial charge in [0.25, 0.3) is 5.56 Å². The van der Waals surface area contributed by atoms with Gasteiger partial charge in [-0.2, -0.15) is 4.98 Å². The number of fused-ring (bicyclic) bond motifs is 2. The highest BCUT2D eigenvalue weighted by Gasteiger charge is 2.17. The van der Waals surface area contributed by atoms with Crippen LogP contribution < -0.4 is 11.0 Å². The van der Waals surface area contributed by atoms with E-state index in [1.807, 2.05) is 37.3 Å². The summed E-state index contributed by atoms with van der Waals surface area (Å²) >= 11 is 0. The predicted octanol–water partition coefficient (Wildman–Crippen LogP) is 3.50. The summed E-state index contributed by atoms with van der Waals surface area (Å²) < 4.78 is 7.37. The monoisotopic (exact) mass is 346 g/mol. The minimum atomic E-state index is -0.346. The van der Waals surface area contributed by atoms with Gasteiger partial charge in [0, 0.05) is 6.42 Å². The van der Waals surface area contributed by atoms with Crippen LogP contribution in [0.1, 0.15) is 24.7 Å². The summed E-state index contributed by atoms with van der Waals surface area (Å²) in [6.07, 6.45) is 1.47. The van der Waals surface area contributed by atoms with E-state index in [4.69, 9.17) is 4.42 Å². The second kappa shape index (κ2) is 6.59. The summed E-state index contributed by atoms with van der Waals surface area (Å²) in [4.78, 5) is 30.6. The first-order chi connectivity index (χ1) is 12.7. The van der Waals surface area contributed by atoms with Crippen LogP contribution in [-0.4, -0.2) is 9.55 Å². The highest BCUT2D eigenvalue weighted by atomic mass is 16.3. The van der Waals surface area contributed by atoms with E-state index in [2.05, 4.69) is 4.98 Å². The second-order valence-electron chi connectivity index (χ2n) is 6.26. The lowest BCUT2D eigenvalue weighted by Crippen LogP contribution is -2.29. The Bertz CT molecular complexity index is 1210. The molecule has 0 radical (unpaired) electrons. The first kappa shape index (κ1) is 16.3. The molecule has 2 aromatic heterocycles. The largest absolute Gasteiger partial charge is 0.437 e. The van der Waals surface area contributed by atoms with Gasteiger partial charge in [-0.1, -0.05) is 49.4 Å². The van der Waals surface area contributed by atoms with Gasteiger partial charge in [0.15, 0.2) is 5.39 Å². The number of para-hydroxylation sites is 1. The lowest BCUT2D eigenvalue weighted by molar-refractivity contribution is 0.609. The van der Waals surface area contributed by atoms with E-state index >= 15 is 0 Å². The molecule has 0 aliphatic carbocycles. The third-order valence-corrected chi connectivity index (χ3v) is 4.44. The van der Waals surface area contributed by atoms with Gasteiger partial charge in [0.05, 0.1) is 11.9 Å². The van der Waals surface area contributed by atoms with Gasteiger partial charge in [-0.05, 0) is 24.1 Å². The summed E-state index contributed by atoms with van der Waals surface area (Å²) in [5.74, 6) is 0.632. The molecule has 0 saturated heterocycles. The molecule has 5 nitrogen and oxygen atoms in total. The molecule has 0 fully saturated rings. The first-order valence-corrected chi connectivity index (χ1v) is 8.68. The van der Waals surface area contributed by atoms with E-state index < -0.39 is 0 Å². The van der Waals surface area contributed by atoms with Crippen molar-refractivity contribution in [1.82, 2.24) is 9.55 Å². The average molecular weight is 346 g/mol. The number of nitrogens with zero attached hydrogens (tertiary/aromatic N) is 2. The van der Waals surface area contributed by atoms with Crippen LogP contribution in [0.3, 0.4) is 0 Å². The van der Waals surface area contributed by atoms with Gasteiger partial charge in [0.1, 0.15) is 11.4 Å². The molecule has 0 aliphatic rings. The van der Waals surface area contributed by atoms with Gasteiger partial charge in [-0.15, -0.1) is 0 Å². The average Bonchev–Trinajstić information content (AvgIpc) is 2.66. The van der Waals surface area contributed by atoms with Crippen molar-refractivity contribution >= 4 is 22.1 Å². The Balaban J connectivity index is 2.03. The molecule has 0 amide bonds. The van der Waals surface area contributed by atoms with Crippen molar-refractivity contribution in [3.8, 4) is 0 Å². The highest BCUT2D eigenvalue weighted by Crippen LogP contribution is 2.16. The molecule has 2 aromatic carbocycles. The molecule has 0 N–H and O–H groups in total. The van der Waals surface area contributed by atoms with Crippen molar-refractivity contribution in [1.29, 1.82) is 0 Å². The van der Waals surface area contributed by atoms with Gasteiger partial charge in [-0.3, -0.25) is 14.2 Å². The van der Waals surface area contributed by atoms with Gasteiger partial charge >= 0.3 is 0 Å². The van der Waals surface area contributed by atoms with E-state index in [9.17, 15) is 9.59 Å². The molecule has 0 unspecified atom stereocenters. The summed E-state index contributed by atoms with van der Waals surface area (Å²) in [5.41, 5.74) is 0.871. The molecule has 26 heavy (non-hydrogen) atoms. The quantitative estimate of drug-likeness (QED) is 0.531. The van der Waals surface area contributed by atoms with Gasteiger partial charge in [-0.25, -0.2) is 0 Å². The third kappa shape index (κ3) is 2.71. The first-order valence-electron chi connectivity index (χ1n) is 8.68. The number of benzene rings is 2. The smallest absolute Gasteiger partial charge is 0.269 e. The molecule has 130 valence electrons. The maximum absolute atomic E-state index is 13.2. The van der Waals surface area contributed by atoms with Crippen LogP contribution in [0.25, 0.3) is 22.1 Å². The number of hydrogen-bond donors (Lipinski definition) is 0. The van der Waals surface area contributed by atoms with Crippen molar-refractivity contribution in [3.63, 3.8) is 0 Å². The number of aryl methyl sites for hydroxylation is 1. The van der Waals surface area contributed by atoms with E-state index in [1.165, 1.54) is 0 Å². The Labute approximate surface area is 149 Å². The molecule has 0 spiro atoms. The van der Waals surface area contributed by atoms with Crippen LogP contribution >= 0.6 is 0 Å².